The third kappa shape index (κ3) is 2.54. The Balaban J connectivity index is 2.25. The molecule has 1 heterocycles. The van der Waals surface area contributed by atoms with Gasteiger partial charge < -0.3 is 5.11 Å². The lowest BCUT2D eigenvalue weighted by molar-refractivity contribution is -0.133. The standard InChI is InChI=1S/C11H11NO2S2/c1-2-7-3-4-9-8(5-7)12-11(16-9)15-6-10(13)14/h3-5H,2,6H2,1H3,(H,13,14). The number of aryl methyl sites for hydroxylation is 1. The number of hydrogen-bond acceptors (Lipinski definition) is 4. The van der Waals surface area contributed by atoms with Crippen molar-refractivity contribution in [1.82, 2.24) is 4.98 Å². The number of rotatable bonds is 4. The number of aromatic nitrogens is 1. The minimum absolute atomic E-state index is 0.0699. The number of thiazole rings is 1. The maximum absolute atomic E-state index is 10.4. The van der Waals surface area contributed by atoms with E-state index in [4.69, 9.17) is 5.11 Å². The molecule has 0 saturated carbocycles. The van der Waals surface area contributed by atoms with Gasteiger partial charge in [-0.3, -0.25) is 4.79 Å². The Morgan fingerprint density at radius 2 is 2.38 bits per heavy atom. The Morgan fingerprint density at radius 1 is 1.56 bits per heavy atom. The van der Waals surface area contributed by atoms with E-state index >= 15 is 0 Å². The normalized spacial score (nSPS) is 10.8. The lowest BCUT2D eigenvalue weighted by Crippen LogP contribution is -1.96. The average Bonchev–Trinajstić information content (AvgIpc) is 2.67. The highest BCUT2D eigenvalue weighted by molar-refractivity contribution is 8.01. The lowest BCUT2D eigenvalue weighted by atomic mass is 10.2. The second-order valence-electron chi connectivity index (χ2n) is 3.32. The van der Waals surface area contributed by atoms with E-state index in [9.17, 15) is 4.79 Å². The molecule has 16 heavy (non-hydrogen) atoms. The van der Waals surface area contributed by atoms with Crippen molar-refractivity contribution in [3.63, 3.8) is 0 Å². The summed E-state index contributed by atoms with van der Waals surface area (Å²) in [7, 11) is 0. The summed E-state index contributed by atoms with van der Waals surface area (Å²) in [4.78, 5) is 14.9. The van der Waals surface area contributed by atoms with Gasteiger partial charge in [0.15, 0.2) is 4.34 Å². The predicted molar refractivity (Wildman–Crippen MR) is 67.4 cm³/mol. The Kier molecular flexibility index (Phi) is 3.46. The van der Waals surface area contributed by atoms with Gasteiger partial charge in [0.25, 0.3) is 0 Å². The van der Waals surface area contributed by atoms with E-state index < -0.39 is 5.97 Å². The SMILES string of the molecule is CCc1ccc2sc(SCC(=O)O)nc2c1. The molecule has 0 aliphatic rings. The van der Waals surface area contributed by atoms with E-state index in [1.807, 2.05) is 0 Å². The fourth-order valence-electron chi connectivity index (χ4n) is 1.36. The molecule has 0 aliphatic heterocycles. The summed E-state index contributed by atoms with van der Waals surface area (Å²) in [5.41, 5.74) is 2.23. The molecule has 0 unspecified atom stereocenters. The van der Waals surface area contributed by atoms with E-state index in [2.05, 4.69) is 30.1 Å². The lowest BCUT2D eigenvalue weighted by Gasteiger charge is -1.93. The molecule has 0 spiro atoms. The maximum atomic E-state index is 10.4. The van der Waals surface area contributed by atoms with Crippen molar-refractivity contribution in [1.29, 1.82) is 0 Å². The molecule has 1 N–H and O–H groups in total. The van der Waals surface area contributed by atoms with Crippen LogP contribution in [0.2, 0.25) is 0 Å². The molecule has 0 aliphatic carbocycles. The summed E-state index contributed by atoms with van der Waals surface area (Å²) in [6.45, 7) is 2.10. The van der Waals surface area contributed by atoms with Crippen LogP contribution in [0.15, 0.2) is 22.5 Å². The van der Waals surface area contributed by atoms with Gasteiger partial charge in [0.2, 0.25) is 0 Å². The number of carbonyl (C=O) groups is 1. The van der Waals surface area contributed by atoms with Gasteiger partial charge in [0.05, 0.1) is 16.0 Å². The molecule has 1 aromatic heterocycles. The number of nitrogens with zero attached hydrogens (tertiary/aromatic N) is 1. The second-order valence-corrected chi connectivity index (χ2v) is 5.57. The number of benzene rings is 1. The zero-order valence-electron chi connectivity index (χ0n) is 8.77. The molecule has 0 bridgehead atoms. The fourth-order valence-corrected chi connectivity index (χ4v) is 3.13. The zero-order valence-corrected chi connectivity index (χ0v) is 10.4. The van der Waals surface area contributed by atoms with Crippen LogP contribution in [-0.2, 0) is 11.2 Å². The Labute approximate surface area is 102 Å². The van der Waals surface area contributed by atoms with Crippen LogP contribution in [0.4, 0.5) is 0 Å². The molecule has 0 saturated heterocycles. The van der Waals surface area contributed by atoms with Gasteiger partial charge in [-0.2, -0.15) is 0 Å². The number of fused-ring (bicyclic) bond motifs is 1. The van der Waals surface area contributed by atoms with Crippen molar-refractivity contribution in [3.05, 3.63) is 23.8 Å². The summed E-state index contributed by atoms with van der Waals surface area (Å²) in [5.74, 6) is -0.737. The Bertz CT molecular complexity index is 522. The quantitative estimate of drug-likeness (QED) is 0.851. The first kappa shape index (κ1) is 11.4. The smallest absolute Gasteiger partial charge is 0.313 e. The van der Waals surface area contributed by atoms with E-state index in [1.54, 1.807) is 11.3 Å². The molecule has 2 aromatic rings. The largest absolute Gasteiger partial charge is 0.481 e. The van der Waals surface area contributed by atoms with Crippen LogP contribution in [-0.4, -0.2) is 21.8 Å². The van der Waals surface area contributed by atoms with Crippen LogP contribution < -0.4 is 0 Å². The Morgan fingerprint density at radius 3 is 3.06 bits per heavy atom. The van der Waals surface area contributed by atoms with E-state index in [0.717, 1.165) is 21.0 Å². The molecule has 1 aromatic carbocycles. The van der Waals surface area contributed by atoms with Crippen molar-refractivity contribution in [2.45, 2.75) is 17.7 Å². The van der Waals surface area contributed by atoms with Crippen LogP contribution in [0, 0.1) is 0 Å². The van der Waals surface area contributed by atoms with Crippen molar-refractivity contribution < 1.29 is 9.90 Å². The van der Waals surface area contributed by atoms with Gasteiger partial charge in [-0.1, -0.05) is 24.8 Å². The summed E-state index contributed by atoms with van der Waals surface area (Å²) in [5, 5.41) is 8.59. The van der Waals surface area contributed by atoms with Gasteiger partial charge in [-0.25, -0.2) is 4.98 Å². The molecule has 84 valence electrons. The predicted octanol–water partition coefficient (Wildman–Crippen LogP) is 3.04. The molecular formula is C11H11NO2S2. The van der Waals surface area contributed by atoms with Gasteiger partial charge >= 0.3 is 5.97 Å². The first-order valence-corrected chi connectivity index (χ1v) is 6.73. The highest BCUT2D eigenvalue weighted by Gasteiger charge is 2.06. The van der Waals surface area contributed by atoms with Gasteiger partial charge in [-0.05, 0) is 24.1 Å². The fraction of sp³-hybridized carbons (Fsp3) is 0.273. The van der Waals surface area contributed by atoms with E-state index in [1.165, 1.54) is 17.3 Å². The molecule has 0 amide bonds. The third-order valence-corrected chi connectivity index (χ3v) is 4.32. The molecule has 0 atom stereocenters. The monoisotopic (exact) mass is 253 g/mol. The number of aliphatic carboxylic acids is 1. The highest BCUT2D eigenvalue weighted by atomic mass is 32.2. The van der Waals surface area contributed by atoms with Crippen LogP contribution in [0.25, 0.3) is 10.2 Å². The van der Waals surface area contributed by atoms with Crippen molar-refractivity contribution >= 4 is 39.3 Å². The minimum Gasteiger partial charge on any atom is -0.481 e. The van der Waals surface area contributed by atoms with Crippen LogP contribution in [0.1, 0.15) is 12.5 Å². The average molecular weight is 253 g/mol. The summed E-state index contributed by atoms with van der Waals surface area (Å²) >= 11 is 2.82. The first-order chi connectivity index (χ1) is 7.69. The van der Waals surface area contributed by atoms with Crippen LogP contribution >= 0.6 is 23.1 Å². The third-order valence-electron chi connectivity index (χ3n) is 2.16. The number of carboxylic acids is 1. The summed E-state index contributed by atoms with van der Waals surface area (Å²) < 4.78 is 1.94. The molecule has 5 heteroatoms. The van der Waals surface area contributed by atoms with Crippen molar-refractivity contribution in [2.75, 3.05) is 5.75 Å². The van der Waals surface area contributed by atoms with E-state index in [0.29, 0.717) is 0 Å². The first-order valence-electron chi connectivity index (χ1n) is 4.93. The molecular weight excluding hydrogens is 242 g/mol. The van der Waals surface area contributed by atoms with E-state index in [-0.39, 0.29) is 5.75 Å². The zero-order chi connectivity index (χ0) is 11.5. The molecule has 0 fully saturated rings. The van der Waals surface area contributed by atoms with Crippen molar-refractivity contribution in [3.8, 4) is 0 Å². The summed E-state index contributed by atoms with van der Waals surface area (Å²) in [6, 6.07) is 6.21. The number of thioether (sulfide) groups is 1. The van der Waals surface area contributed by atoms with Crippen LogP contribution in [0.5, 0.6) is 0 Å². The van der Waals surface area contributed by atoms with Gasteiger partial charge in [0, 0.05) is 0 Å². The molecule has 3 nitrogen and oxygen atoms in total. The highest BCUT2D eigenvalue weighted by Crippen LogP contribution is 2.29. The maximum Gasteiger partial charge on any atom is 0.313 e. The number of carboxylic acid groups (broad SMARTS) is 1. The Hall–Kier alpha value is -1.07. The minimum atomic E-state index is -0.807. The van der Waals surface area contributed by atoms with Gasteiger partial charge in [0.1, 0.15) is 0 Å². The van der Waals surface area contributed by atoms with Gasteiger partial charge in [-0.15, -0.1) is 11.3 Å². The molecule has 2 rings (SSSR count). The molecule has 0 radical (unpaired) electrons. The topological polar surface area (TPSA) is 50.2 Å². The van der Waals surface area contributed by atoms with Crippen molar-refractivity contribution in [2.24, 2.45) is 0 Å². The van der Waals surface area contributed by atoms with Crippen LogP contribution in [0.3, 0.4) is 0 Å². The summed E-state index contributed by atoms with van der Waals surface area (Å²) in [6.07, 6.45) is 0.991. The number of hydrogen-bond donors (Lipinski definition) is 1. The second kappa shape index (κ2) is 4.84.